The first kappa shape index (κ1) is 15.4. The molecule has 0 spiro atoms. The highest BCUT2D eigenvalue weighted by atomic mass is 35.5. The number of hydrogen-bond donors (Lipinski definition) is 1. The second-order valence-electron chi connectivity index (χ2n) is 4.96. The van der Waals surface area contributed by atoms with Crippen LogP contribution in [-0.4, -0.2) is 18.8 Å². The number of nitrogens with one attached hydrogen (secondary N) is 1. The van der Waals surface area contributed by atoms with Crippen LogP contribution in [0.1, 0.15) is 39.3 Å². The summed E-state index contributed by atoms with van der Waals surface area (Å²) in [4.78, 5) is 0. The molecule has 0 aliphatic rings. The smallest absolute Gasteiger partial charge is 0.124 e. The van der Waals surface area contributed by atoms with Gasteiger partial charge in [-0.1, -0.05) is 17.7 Å². The molecule has 1 atom stereocenters. The van der Waals surface area contributed by atoms with E-state index in [9.17, 15) is 4.39 Å². The first-order valence-corrected chi connectivity index (χ1v) is 6.56. The van der Waals surface area contributed by atoms with Crippen LogP contribution in [0.2, 0.25) is 5.02 Å². The molecule has 0 amide bonds. The van der Waals surface area contributed by atoms with Gasteiger partial charge in [0.1, 0.15) is 5.82 Å². The van der Waals surface area contributed by atoms with E-state index in [2.05, 4.69) is 5.32 Å². The molecular formula is C14H21ClFNO. The van der Waals surface area contributed by atoms with Crippen LogP contribution in [0.25, 0.3) is 0 Å². The minimum Gasteiger partial charge on any atom is -0.375 e. The second-order valence-corrected chi connectivity index (χ2v) is 5.37. The van der Waals surface area contributed by atoms with Crippen molar-refractivity contribution < 1.29 is 9.13 Å². The highest BCUT2D eigenvalue weighted by molar-refractivity contribution is 6.31. The Hall–Kier alpha value is -0.640. The zero-order chi connectivity index (χ0) is 13.8. The predicted molar refractivity (Wildman–Crippen MR) is 73.5 cm³/mol. The monoisotopic (exact) mass is 273 g/mol. The zero-order valence-electron chi connectivity index (χ0n) is 11.4. The Morgan fingerprint density at radius 2 is 2.11 bits per heavy atom. The van der Waals surface area contributed by atoms with E-state index in [0.717, 1.165) is 5.56 Å². The minimum absolute atomic E-state index is 0.0535. The van der Waals surface area contributed by atoms with Crippen LogP contribution in [0.15, 0.2) is 18.2 Å². The minimum atomic E-state index is -0.314. The summed E-state index contributed by atoms with van der Waals surface area (Å²) >= 11 is 6.02. The first-order chi connectivity index (χ1) is 8.35. The fourth-order valence-corrected chi connectivity index (χ4v) is 2.13. The van der Waals surface area contributed by atoms with Crippen molar-refractivity contribution in [3.05, 3.63) is 34.6 Å². The third-order valence-electron chi connectivity index (χ3n) is 2.80. The van der Waals surface area contributed by atoms with E-state index < -0.39 is 0 Å². The Kier molecular flexibility index (Phi) is 5.57. The Labute approximate surface area is 113 Å². The van der Waals surface area contributed by atoms with E-state index in [1.807, 2.05) is 27.7 Å². The van der Waals surface area contributed by atoms with Crippen molar-refractivity contribution in [3.63, 3.8) is 0 Å². The number of hydrogen-bond acceptors (Lipinski definition) is 2. The third kappa shape index (κ3) is 4.56. The molecule has 0 aliphatic heterocycles. The molecule has 0 aliphatic carbocycles. The Bertz CT molecular complexity index is 395. The maximum absolute atomic E-state index is 13.0. The summed E-state index contributed by atoms with van der Waals surface area (Å²) in [5, 5.41) is 3.80. The molecule has 18 heavy (non-hydrogen) atoms. The lowest BCUT2D eigenvalue weighted by Crippen LogP contribution is -2.38. The van der Waals surface area contributed by atoms with Gasteiger partial charge in [-0.15, -0.1) is 0 Å². The summed E-state index contributed by atoms with van der Waals surface area (Å²) < 4.78 is 18.6. The molecule has 4 heteroatoms. The molecule has 1 aromatic rings. The van der Waals surface area contributed by atoms with E-state index in [0.29, 0.717) is 18.2 Å². The number of halogens is 2. The van der Waals surface area contributed by atoms with Crippen LogP contribution >= 0.6 is 11.6 Å². The SMILES string of the molecule is CCOC(C)(C)CNC(C)c1ccc(F)cc1Cl. The Morgan fingerprint density at radius 1 is 1.44 bits per heavy atom. The quantitative estimate of drug-likeness (QED) is 0.847. The first-order valence-electron chi connectivity index (χ1n) is 6.18. The van der Waals surface area contributed by atoms with Crippen LogP contribution in [-0.2, 0) is 4.74 Å². The van der Waals surface area contributed by atoms with Crippen molar-refractivity contribution in [1.82, 2.24) is 5.32 Å². The molecular weight excluding hydrogens is 253 g/mol. The standard InChI is InChI=1S/C14H21ClFNO/c1-5-18-14(3,4)9-17-10(2)12-7-6-11(16)8-13(12)15/h6-8,10,17H,5,9H2,1-4H3. The molecule has 0 fully saturated rings. The fourth-order valence-electron chi connectivity index (χ4n) is 1.80. The van der Waals surface area contributed by atoms with E-state index in [-0.39, 0.29) is 17.5 Å². The van der Waals surface area contributed by atoms with Gasteiger partial charge in [-0.3, -0.25) is 0 Å². The third-order valence-corrected chi connectivity index (χ3v) is 3.13. The molecule has 1 rings (SSSR count). The van der Waals surface area contributed by atoms with E-state index in [4.69, 9.17) is 16.3 Å². The molecule has 102 valence electrons. The Morgan fingerprint density at radius 3 is 2.67 bits per heavy atom. The Balaban J connectivity index is 2.63. The van der Waals surface area contributed by atoms with E-state index >= 15 is 0 Å². The van der Waals surface area contributed by atoms with Crippen LogP contribution in [0, 0.1) is 5.82 Å². The van der Waals surface area contributed by atoms with Gasteiger partial charge in [0.15, 0.2) is 0 Å². The lowest BCUT2D eigenvalue weighted by Gasteiger charge is -2.27. The number of benzene rings is 1. The molecule has 1 unspecified atom stereocenters. The topological polar surface area (TPSA) is 21.3 Å². The zero-order valence-corrected chi connectivity index (χ0v) is 12.1. The summed E-state index contributed by atoms with van der Waals surface area (Å²) in [6.07, 6.45) is 0. The average Bonchev–Trinajstić information content (AvgIpc) is 2.26. The van der Waals surface area contributed by atoms with Crippen molar-refractivity contribution in [2.45, 2.75) is 39.3 Å². The fraction of sp³-hybridized carbons (Fsp3) is 0.571. The summed E-state index contributed by atoms with van der Waals surface area (Å²) in [5.74, 6) is -0.314. The summed E-state index contributed by atoms with van der Waals surface area (Å²) in [6.45, 7) is 9.42. The van der Waals surface area contributed by atoms with Gasteiger partial charge in [-0.2, -0.15) is 0 Å². The van der Waals surface area contributed by atoms with Crippen molar-refractivity contribution in [2.24, 2.45) is 0 Å². The van der Waals surface area contributed by atoms with Crippen LogP contribution in [0.3, 0.4) is 0 Å². The number of rotatable bonds is 6. The van der Waals surface area contributed by atoms with Gasteiger partial charge in [0.2, 0.25) is 0 Å². The van der Waals surface area contributed by atoms with Crippen molar-refractivity contribution in [1.29, 1.82) is 0 Å². The normalized spacial score (nSPS) is 13.7. The molecule has 0 radical (unpaired) electrons. The maximum atomic E-state index is 13.0. The van der Waals surface area contributed by atoms with E-state index in [1.54, 1.807) is 6.07 Å². The van der Waals surface area contributed by atoms with Gasteiger partial charge in [0, 0.05) is 24.2 Å². The van der Waals surface area contributed by atoms with Gasteiger partial charge in [0.25, 0.3) is 0 Å². The van der Waals surface area contributed by atoms with Crippen LogP contribution < -0.4 is 5.32 Å². The summed E-state index contributed by atoms with van der Waals surface area (Å²) in [6, 6.07) is 4.52. The van der Waals surface area contributed by atoms with Gasteiger partial charge in [-0.25, -0.2) is 4.39 Å². The lowest BCUT2D eigenvalue weighted by molar-refractivity contribution is -0.0103. The highest BCUT2D eigenvalue weighted by Crippen LogP contribution is 2.24. The molecule has 0 saturated carbocycles. The summed E-state index contributed by atoms with van der Waals surface area (Å²) in [5.41, 5.74) is 0.667. The molecule has 1 aromatic carbocycles. The lowest BCUT2D eigenvalue weighted by atomic mass is 10.1. The van der Waals surface area contributed by atoms with Gasteiger partial charge < -0.3 is 10.1 Å². The molecule has 0 saturated heterocycles. The van der Waals surface area contributed by atoms with Gasteiger partial charge in [-0.05, 0) is 45.4 Å². The average molecular weight is 274 g/mol. The van der Waals surface area contributed by atoms with Crippen molar-refractivity contribution in [3.8, 4) is 0 Å². The van der Waals surface area contributed by atoms with Crippen LogP contribution in [0.4, 0.5) is 4.39 Å². The molecule has 1 N–H and O–H groups in total. The summed E-state index contributed by atoms with van der Waals surface area (Å²) in [7, 11) is 0. The highest BCUT2D eigenvalue weighted by Gasteiger charge is 2.19. The van der Waals surface area contributed by atoms with Crippen LogP contribution in [0.5, 0.6) is 0 Å². The van der Waals surface area contributed by atoms with Crippen molar-refractivity contribution in [2.75, 3.05) is 13.2 Å². The largest absolute Gasteiger partial charge is 0.375 e. The second kappa shape index (κ2) is 6.50. The van der Waals surface area contributed by atoms with E-state index in [1.165, 1.54) is 12.1 Å². The predicted octanol–water partition coefficient (Wildman–Crippen LogP) is 3.94. The molecule has 2 nitrogen and oxygen atoms in total. The molecule has 0 bridgehead atoms. The maximum Gasteiger partial charge on any atom is 0.124 e. The molecule has 0 heterocycles. The van der Waals surface area contributed by atoms with Gasteiger partial charge in [0.05, 0.1) is 5.60 Å². The molecule has 0 aromatic heterocycles. The van der Waals surface area contributed by atoms with Gasteiger partial charge >= 0.3 is 0 Å². The van der Waals surface area contributed by atoms with Crippen molar-refractivity contribution >= 4 is 11.6 Å². The number of ether oxygens (including phenoxy) is 1.